The topological polar surface area (TPSA) is 78.1 Å². The van der Waals surface area contributed by atoms with Gasteiger partial charge in [0.25, 0.3) is 11.5 Å². The average Bonchev–Trinajstić information content (AvgIpc) is 3.14. The van der Waals surface area contributed by atoms with Crippen molar-refractivity contribution in [1.29, 1.82) is 5.26 Å². The second-order valence-electron chi connectivity index (χ2n) is 8.25. The van der Waals surface area contributed by atoms with E-state index in [1.165, 1.54) is 16.3 Å². The van der Waals surface area contributed by atoms with Crippen molar-refractivity contribution in [2.45, 2.75) is 19.9 Å². The van der Waals surface area contributed by atoms with E-state index in [-0.39, 0.29) is 11.5 Å². The third kappa shape index (κ3) is 5.24. The summed E-state index contributed by atoms with van der Waals surface area (Å²) in [5.41, 5.74) is 2.68. The molecule has 0 atom stereocenters. The quantitative estimate of drug-likeness (QED) is 0.328. The normalized spacial score (nSPS) is 14.4. The summed E-state index contributed by atoms with van der Waals surface area (Å²) in [6, 6.07) is 19.3. The van der Waals surface area contributed by atoms with Gasteiger partial charge in [0, 0.05) is 30.7 Å². The smallest absolute Gasteiger partial charge is 0.270 e. The van der Waals surface area contributed by atoms with Crippen molar-refractivity contribution in [3.63, 3.8) is 0 Å². The molecule has 0 aliphatic carbocycles. The molecule has 36 heavy (non-hydrogen) atoms. The summed E-state index contributed by atoms with van der Waals surface area (Å²) in [6.07, 6.45) is 2.40. The summed E-state index contributed by atoms with van der Waals surface area (Å²) in [7, 11) is 1.60. The number of nitrogens with zero attached hydrogens (tertiary/aromatic N) is 3. The zero-order valence-corrected chi connectivity index (χ0v) is 22.1. The molecule has 1 amide bonds. The van der Waals surface area contributed by atoms with Gasteiger partial charge >= 0.3 is 0 Å². The number of rotatable bonds is 7. The summed E-state index contributed by atoms with van der Waals surface area (Å²) >= 11 is 13.0. The van der Waals surface area contributed by atoms with E-state index in [1.54, 1.807) is 31.0 Å². The molecule has 6 nitrogen and oxygen atoms in total. The Hall–Kier alpha value is -3.38. The Kier molecular flexibility index (Phi) is 7.94. The number of halogens is 1. The lowest BCUT2D eigenvalue weighted by atomic mass is 10.0. The number of hydrogen-bond donors (Lipinski definition) is 1. The van der Waals surface area contributed by atoms with Gasteiger partial charge in [-0.1, -0.05) is 84.1 Å². The van der Waals surface area contributed by atoms with E-state index in [4.69, 9.17) is 23.8 Å². The van der Waals surface area contributed by atoms with Crippen molar-refractivity contribution in [3.05, 3.63) is 103 Å². The molecule has 2 aromatic carbocycles. The Balaban J connectivity index is 1.68. The lowest BCUT2D eigenvalue weighted by Crippen LogP contribution is -2.30. The van der Waals surface area contributed by atoms with Crippen molar-refractivity contribution in [1.82, 2.24) is 9.47 Å². The second-order valence-corrected chi connectivity index (χ2v) is 10.3. The van der Waals surface area contributed by atoms with Gasteiger partial charge in [-0.3, -0.25) is 19.1 Å². The first-order valence-corrected chi connectivity index (χ1v) is 12.8. The van der Waals surface area contributed by atoms with Gasteiger partial charge in [-0.05, 0) is 42.2 Å². The number of nitriles is 1. The molecule has 1 saturated heterocycles. The van der Waals surface area contributed by atoms with Crippen molar-refractivity contribution >= 4 is 57.7 Å². The third-order valence-corrected chi connectivity index (χ3v) is 7.77. The molecule has 1 aliphatic rings. The summed E-state index contributed by atoms with van der Waals surface area (Å²) in [5.74, 6) is 0.302. The number of pyridine rings is 1. The number of benzene rings is 2. The fourth-order valence-electron chi connectivity index (χ4n) is 3.97. The van der Waals surface area contributed by atoms with Crippen LogP contribution >= 0.6 is 35.6 Å². The number of anilines is 1. The van der Waals surface area contributed by atoms with Gasteiger partial charge in [-0.15, -0.1) is 0 Å². The molecule has 0 spiro atoms. The summed E-state index contributed by atoms with van der Waals surface area (Å²) < 4.78 is 1.88. The van der Waals surface area contributed by atoms with Crippen LogP contribution < -0.4 is 10.9 Å². The van der Waals surface area contributed by atoms with E-state index >= 15 is 0 Å². The van der Waals surface area contributed by atoms with Gasteiger partial charge in [-0.25, -0.2) is 0 Å². The molecule has 4 rings (SSSR count). The minimum Gasteiger partial charge on any atom is -0.367 e. The van der Waals surface area contributed by atoms with Gasteiger partial charge in [0.1, 0.15) is 21.8 Å². The molecular formula is C27H23ClN4O2S2. The van der Waals surface area contributed by atoms with Crippen molar-refractivity contribution in [2.24, 2.45) is 7.05 Å². The molecule has 0 radical (unpaired) electrons. The van der Waals surface area contributed by atoms with Crippen LogP contribution in [0.5, 0.6) is 0 Å². The molecule has 1 aliphatic heterocycles. The predicted octanol–water partition coefficient (Wildman–Crippen LogP) is 5.27. The Labute approximate surface area is 224 Å². The van der Waals surface area contributed by atoms with Crippen molar-refractivity contribution in [3.8, 4) is 6.07 Å². The third-order valence-electron chi connectivity index (χ3n) is 6.02. The first-order valence-electron chi connectivity index (χ1n) is 11.2. The van der Waals surface area contributed by atoms with Crippen LogP contribution in [0.3, 0.4) is 0 Å². The average molecular weight is 535 g/mol. The molecule has 3 aromatic rings. The van der Waals surface area contributed by atoms with Crippen molar-refractivity contribution in [2.75, 3.05) is 11.9 Å². The first kappa shape index (κ1) is 25.7. The highest BCUT2D eigenvalue weighted by Gasteiger charge is 2.32. The van der Waals surface area contributed by atoms with Crippen molar-refractivity contribution < 1.29 is 4.79 Å². The molecule has 1 fully saturated rings. The van der Waals surface area contributed by atoms with Crippen LogP contribution in [0.2, 0.25) is 5.02 Å². The number of thioether (sulfide) groups is 1. The SMILES string of the molecule is Cc1c(/C=C2/SC(=S)N(CCc3ccccc3)C2=O)c(NCc2ccccc2Cl)n(C)c(=O)c1C#N. The Morgan fingerprint density at radius 2 is 1.83 bits per heavy atom. The predicted molar refractivity (Wildman–Crippen MR) is 150 cm³/mol. The van der Waals surface area contributed by atoms with Gasteiger partial charge in [0.15, 0.2) is 0 Å². The summed E-state index contributed by atoms with van der Waals surface area (Å²) in [6.45, 7) is 2.54. The fraction of sp³-hybridized carbons (Fsp3) is 0.185. The minimum atomic E-state index is -0.413. The Bertz CT molecular complexity index is 1480. The lowest BCUT2D eigenvalue weighted by Gasteiger charge is -2.18. The van der Waals surface area contributed by atoms with Crippen LogP contribution in [0.1, 0.15) is 27.8 Å². The summed E-state index contributed by atoms with van der Waals surface area (Å²) in [5, 5.41) is 13.5. The highest BCUT2D eigenvalue weighted by molar-refractivity contribution is 8.26. The maximum atomic E-state index is 13.3. The zero-order valence-electron chi connectivity index (χ0n) is 19.7. The van der Waals surface area contributed by atoms with E-state index in [0.717, 1.165) is 11.1 Å². The van der Waals surface area contributed by atoms with Crippen LogP contribution in [0.4, 0.5) is 5.82 Å². The van der Waals surface area contributed by atoms with Crippen LogP contribution in [-0.2, 0) is 24.8 Å². The Morgan fingerprint density at radius 1 is 1.14 bits per heavy atom. The van der Waals surface area contributed by atoms with Gasteiger partial charge < -0.3 is 5.32 Å². The maximum Gasteiger partial charge on any atom is 0.270 e. The van der Waals surface area contributed by atoms with Crippen LogP contribution in [0.25, 0.3) is 6.08 Å². The largest absolute Gasteiger partial charge is 0.367 e. The lowest BCUT2D eigenvalue weighted by molar-refractivity contribution is -0.122. The first-order chi connectivity index (χ1) is 17.3. The maximum absolute atomic E-state index is 13.3. The number of nitrogens with one attached hydrogen (secondary N) is 1. The number of thiocarbonyl (C=S) groups is 1. The molecule has 0 saturated carbocycles. The fourth-order valence-corrected chi connectivity index (χ4v) is 5.47. The van der Waals surface area contributed by atoms with E-state index in [0.29, 0.717) is 50.7 Å². The minimum absolute atomic E-state index is 0.0339. The molecule has 1 N–H and O–H groups in total. The Morgan fingerprint density at radius 3 is 2.53 bits per heavy atom. The molecule has 0 bridgehead atoms. The molecule has 1 aromatic heterocycles. The highest BCUT2D eigenvalue weighted by Crippen LogP contribution is 2.35. The molecule has 9 heteroatoms. The van der Waals surface area contributed by atoms with E-state index in [9.17, 15) is 14.9 Å². The second kappa shape index (κ2) is 11.1. The van der Waals surface area contributed by atoms with Gasteiger partial charge in [0.05, 0.1) is 4.91 Å². The standard InChI is InChI=1S/C27H23ClN4O2S2/c1-17-20(14-23-26(34)32(27(35)36-23)13-12-18-8-4-3-5-9-18)24(31(2)25(33)21(17)15-29)30-16-19-10-6-7-11-22(19)28/h3-11,14,30H,12-13,16H2,1-2H3/b23-14+. The van der Waals surface area contributed by atoms with Crippen LogP contribution in [0, 0.1) is 18.3 Å². The number of amides is 1. The van der Waals surface area contributed by atoms with E-state index in [2.05, 4.69) is 5.32 Å². The zero-order chi connectivity index (χ0) is 25.8. The molecule has 182 valence electrons. The number of carbonyl (C=O) groups excluding carboxylic acids is 1. The van der Waals surface area contributed by atoms with Crippen LogP contribution in [-0.4, -0.2) is 26.2 Å². The number of hydrogen-bond acceptors (Lipinski definition) is 6. The van der Waals surface area contributed by atoms with Crippen LogP contribution in [0.15, 0.2) is 64.3 Å². The highest BCUT2D eigenvalue weighted by atomic mass is 35.5. The number of aromatic nitrogens is 1. The summed E-state index contributed by atoms with van der Waals surface area (Å²) in [4.78, 5) is 28.2. The van der Waals surface area contributed by atoms with E-state index in [1.807, 2.05) is 54.6 Å². The van der Waals surface area contributed by atoms with Gasteiger partial charge in [-0.2, -0.15) is 5.26 Å². The molecular weight excluding hydrogens is 512 g/mol. The van der Waals surface area contributed by atoms with E-state index < -0.39 is 5.56 Å². The molecule has 0 unspecified atom stereocenters. The number of carbonyl (C=O) groups is 1. The van der Waals surface area contributed by atoms with Gasteiger partial charge in [0.2, 0.25) is 0 Å². The molecule has 2 heterocycles. The monoisotopic (exact) mass is 534 g/mol.